The van der Waals surface area contributed by atoms with E-state index in [-0.39, 0.29) is 0 Å². The van der Waals surface area contributed by atoms with Crippen molar-refractivity contribution in [1.82, 2.24) is 29.7 Å². The van der Waals surface area contributed by atoms with E-state index in [4.69, 9.17) is 9.72 Å². The molecule has 0 amide bonds. The van der Waals surface area contributed by atoms with E-state index in [1.165, 1.54) is 4.90 Å². The van der Waals surface area contributed by atoms with Gasteiger partial charge < -0.3 is 40.3 Å². The maximum absolute atomic E-state index is 12.2. The van der Waals surface area contributed by atoms with E-state index in [1.54, 1.807) is 32.0 Å². The molecule has 4 aromatic rings. The van der Waals surface area contributed by atoms with Crippen LogP contribution < -0.4 is 25.0 Å². The molecule has 49 heavy (non-hydrogen) atoms. The molecular weight excluding hydrogens is 716 g/mol. The normalized spacial score (nSPS) is 17.2. The number of nitrogens with one attached hydrogen (secondary N) is 3. The second kappa shape index (κ2) is 15.0. The first kappa shape index (κ1) is 35.1. The molecule has 0 aliphatic carbocycles. The Balaban J connectivity index is 1.18. The minimum Gasteiger partial charge on any atom is -0.494 e. The Morgan fingerprint density at radius 2 is 1.73 bits per heavy atom. The number of piperidine rings is 1. The second-order valence-corrected chi connectivity index (χ2v) is 14.0. The van der Waals surface area contributed by atoms with Gasteiger partial charge in [0.05, 0.1) is 34.2 Å². The van der Waals surface area contributed by atoms with Crippen LogP contribution in [0.5, 0.6) is 5.75 Å². The van der Waals surface area contributed by atoms with Gasteiger partial charge in [0.15, 0.2) is 0 Å². The Morgan fingerprint density at radius 1 is 1.00 bits per heavy atom. The molecule has 15 nitrogen and oxygen atoms in total. The van der Waals surface area contributed by atoms with E-state index in [0.29, 0.717) is 76.6 Å². The maximum atomic E-state index is 12.2. The Kier molecular flexibility index (Phi) is 10.8. The number of aromatic nitrogens is 4. The molecule has 2 saturated heterocycles. The van der Waals surface area contributed by atoms with Crippen molar-refractivity contribution in [2.75, 3.05) is 72.9 Å². The van der Waals surface area contributed by atoms with Crippen LogP contribution >= 0.6 is 15.9 Å². The molecular formula is C32H41BrN10O5S. The molecule has 2 fully saturated rings. The molecule has 2 aliphatic rings. The molecule has 4 heterocycles. The van der Waals surface area contributed by atoms with Crippen LogP contribution in [0.2, 0.25) is 0 Å². The van der Waals surface area contributed by atoms with Crippen LogP contribution in [-0.4, -0.2) is 114 Å². The monoisotopic (exact) mass is 756 g/mol. The van der Waals surface area contributed by atoms with Crippen molar-refractivity contribution in [2.45, 2.75) is 38.3 Å². The zero-order valence-corrected chi connectivity index (χ0v) is 30.0. The molecule has 2 aromatic heterocycles. The fourth-order valence-electron chi connectivity index (χ4n) is 6.47. The summed E-state index contributed by atoms with van der Waals surface area (Å²) in [7, 11) is 0.291. The van der Waals surface area contributed by atoms with E-state index in [1.807, 2.05) is 12.1 Å². The van der Waals surface area contributed by atoms with Gasteiger partial charge in [-0.1, -0.05) is 6.92 Å². The molecule has 17 heteroatoms. The van der Waals surface area contributed by atoms with Gasteiger partial charge in [-0.05, 0) is 59.0 Å². The zero-order chi connectivity index (χ0) is 34.7. The fraction of sp³-hybridized carbons (Fsp3) is 0.438. The fourth-order valence-corrected chi connectivity index (χ4v) is 7.25. The lowest BCUT2D eigenvalue weighted by molar-refractivity contribution is -0.396. The first-order chi connectivity index (χ1) is 23.5. The number of rotatable bonds is 11. The topological polar surface area (TPSA) is 184 Å². The van der Waals surface area contributed by atoms with Crippen molar-refractivity contribution in [1.29, 1.82) is 0 Å². The molecule has 0 bridgehead atoms. The van der Waals surface area contributed by atoms with Crippen LogP contribution in [0.15, 0.2) is 47.3 Å². The summed E-state index contributed by atoms with van der Waals surface area (Å²) in [6.07, 6.45) is 6.42. The molecule has 0 radical (unpaired) electrons. The van der Waals surface area contributed by atoms with E-state index in [2.05, 4.69) is 75.1 Å². The SMILES string of the molecule is CCc1cc(Nc2ncc(Br)c(Nc3ccc4nccnc4c3NS(C)=O)n2)c(OC)cc1N1CCC(N2CCN(C(O)(O)O)CC2)CC1. The predicted octanol–water partition coefficient (Wildman–Crippen LogP) is 3.12. The van der Waals surface area contributed by atoms with E-state index >= 15 is 0 Å². The number of aryl methyl sites for hydroxylation is 1. The zero-order valence-electron chi connectivity index (χ0n) is 27.6. The highest BCUT2D eigenvalue weighted by atomic mass is 79.9. The molecule has 0 spiro atoms. The van der Waals surface area contributed by atoms with E-state index in [0.717, 1.165) is 49.3 Å². The summed E-state index contributed by atoms with van der Waals surface area (Å²) in [4.78, 5) is 24.1. The summed E-state index contributed by atoms with van der Waals surface area (Å²) >= 11 is 3.55. The number of hydrogen-bond donors (Lipinski definition) is 6. The average Bonchev–Trinajstić information content (AvgIpc) is 3.10. The Hall–Kier alpha value is -3.71. The van der Waals surface area contributed by atoms with Crippen molar-refractivity contribution < 1.29 is 24.3 Å². The number of benzene rings is 2. The lowest BCUT2D eigenvalue weighted by Crippen LogP contribution is -2.59. The Morgan fingerprint density at radius 3 is 2.41 bits per heavy atom. The van der Waals surface area contributed by atoms with E-state index in [9.17, 15) is 19.5 Å². The first-order valence-electron chi connectivity index (χ1n) is 16.1. The minimum atomic E-state index is -2.76. The highest BCUT2D eigenvalue weighted by molar-refractivity contribution is 9.10. The number of ether oxygens (including phenoxy) is 1. The van der Waals surface area contributed by atoms with Gasteiger partial charge >= 0.3 is 6.10 Å². The summed E-state index contributed by atoms with van der Waals surface area (Å²) in [5, 5.41) is 35.2. The average molecular weight is 758 g/mol. The van der Waals surface area contributed by atoms with Crippen molar-refractivity contribution in [3.05, 3.63) is 52.9 Å². The molecule has 6 N–H and O–H groups in total. The van der Waals surface area contributed by atoms with E-state index < -0.39 is 17.1 Å². The van der Waals surface area contributed by atoms with Crippen molar-refractivity contribution in [3.8, 4) is 5.75 Å². The Labute approximate surface area is 295 Å². The van der Waals surface area contributed by atoms with Gasteiger partial charge in [0.25, 0.3) is 0 Å². The third kappa shape index (κ3) is 8.03. The number of halogens is 1. The third-order valence-electron chi connectivity index (χ3n) is 8.97. The van der Waals surface area contributed by atoms with Gasteiger partial charge in [0.1, 0.15) is 28.1 Å². The lowest BCUT2D eigenvalue weighted by atomic mass is 9.99. The summed E-state index contributed by atoms with van der Waals surface area (Å²) in [6.45, 7) is 6.03. The Bertz CT molecular complexity index is 1810. The number of anilines is 6. The third-order valence-corrected chi connectivity index (χ3v) is 10.0. The van der Waals surface area contributed by atoms with Crippen molar-refractivity contribution >= 4 is 72.5 Å². The predicted molar refractivity (Wildman–Crippen MR) is 194 cm³/mol. The quantitative estimate of drug-likeness (QED) is 0.123. The van der Waals surface area contributed by atoms with Crippen molar-refractivity contribution in [3.63, 3.8) is 0 Å². The molecule has 6 rings (SSSR count). The largest absolute Gasteiger partial charge is 0.494 e. The van der Waals surface area contributed by atoms with Crippen LogP contribution in [0.4, 0.5) is 34.5 Å². The van der Waals surface area contributed by atoms with Crippen LogP contribution in [-0.2, 0) is 17.4 Å². The summed E-state index contributed by atoms with van der Waals surface area (Å²) in [6, 6.07) is 8.22. The standard InChI is InChI=1S/C32H41BrN10O5S/c1-4-20-17-25(27(48-2)18-26(20)42-11-7-21(8-12-42)41-13-15-43(16-14-41)32(44,45)46)38-31-36-19-22(33)30(39-31)37-24-6-5-23-28(35-10-9-34-23)29(24)40-49(3)47/h5-6,9-10,17-19,21,40,44-46H,4,7-8,11-16H2,1-3H3,(H2,36,37,38,39). The molecule has 1 atom stereocenters. The smallest absolute Gasteiger partial charge is 0.345 e. The molecule has 2 aliphatic heterocycles. The highest BCUT2D eigenvalue weighted by Crippen LogP contribution is 2.38. The number of aliphatic hydroxyl groups is 3. The molecule has 262 valence electrons. The number of methoxy groups -OCH3 is 1. The number of nitrogens with zero attached hydrogens (tertiary/aromatic N) is 7. The number of fused-ring (bicyclic) bond motifs is 1. The van der Waals surface area contributed by atoms with Crippen LogP contribution in [0.1, 0.15) is 25.3 Å². The summed E-state index contributed by atoms with van der Waals surface area (Å²) in [5.74, 6) is 1.51. The van der Waals surface area contributed by atoms with Gasteiger partial charge in [-0.3, -0.25) is 14.9 Å². The molecule has 2 aromatic carbocycles. The lowest BCUT2D eigenvalue weighted by Gasteiger charge is -2.44. The highest BCUT2D eigenvalue weighted by Gasteiger charge is 2.35. The number of piperazine rings is 1. The maximum Gasteiger partial charge on any atom is 0.345 e. The van der Waals surface area contributed by atoms with Gasteiger partial charge in [0.2, 0.25) is 5.95 Å². The van der Waals surface area contributed by atoms with Gasteiger partial charge in [-0.2, -0.15) is 4.98 Å². The molecule has 0 saturated carbocycles. The van der Waals surface area contributed by atoms with Gasteiger partial charge in [-0.15, -0.1) is 0 Å². The second-order valence-electron chi connectivity index (χ2n) is 12.0. The van der Waals surface area contributed by atoms with Crippen LogP contribution in [0, 0.1) is 0 Å². The van der Waals surface area contributed by atoms with Crippen molar-refractivity contribution in [2.24, 2.45) is 0 Å². The summed E-state index contributed by atoms with van der Waals surface area (Å²) in [5.41, 5.74) is 5.44. The van der Waals surface area contributed by atoms with Gasteiger partial charge in [-0.25, -0.2) is 14.1 Å². The molecule has 1 unspecified atom stereocenters. The number of hydrogen-bond acceptors (Lipinski definition) is 14. The van der Waals surface area contributed by atoms with Gasteiger partial charge in [0, 0.05) is 81.9 Å². The first-order valence-corrected chi connectivity index (χ1v) is 18.4. The minimum absolute atomic E-state index is 0.356. The van der Waals surface area contributed by atoms with Crippen LogP contribution in [0.25, 0.3) is 11.0 Å². The van der Waals surface area contributed by atoms with Crippen LogP contribution in [0.3, 0.4) is 0 Å². The summed E-state index contributed by atoms with van der Waals surface area (Å²) < 4.78 is 21.6.